The Labute approximate surface area is 131 Å². The van der Waals surface area contributed by atoms with Crippen LogP contribution in [-0.2, 0) is 6.42 Å². The first-order valence-corrected chi connectivity index (χ1v) is 7.86. The van der Waals surface area contributed by atoms with Crippen molar-refractivity contribution in [3.05, 3.63) is 18.2 Å². The maximum absolute atomic E-state index is 12.7. The van der Waals surface area contributed by atoms with Crippen molar-refractivity contribution in [3.8, 4) is 0 Å². The Hall–Kier alpha value is -1.66. The smallest absolute Gasteiger partial charge is 0.319 e. The fourth-order valence-corrected chi connectivity index (χ4v) is 1.89. The molecule has 7 heteroatoms. The molecule has 0 unspecified atom stereocenters. The van der Waals surface area contributed by atoms with Gasteiger partial charge in [0.05, 0.1) is 0 Å². The van der Waals surface area contributed by atoms with Crippen LogP contribution >= 0.6 is 0 Å². The lowest BCUT2D eigenvalue weighted by molar-refractivity contribution is 0.0670. The van der Waals surface area contributed by atoms with Gasteiger partial charge in [0.25, 0.3) is 0 Å². The van der Waals surface area contributed by atoms with Crippen molar-refractivity contribution >= 4 is 5.96 Å². The van der Waals surface area contributed by atoms with E-state index in [2.05, 4.69) is 41.4 Å². The van der Waals surface area contributed by atoms with Crippen molar-refractivity contribution in [2.75, 3.05) is 19.6 Å². The van der Waals surface area contributed by atoms with Crippen molar-refractivity contribution in [2.24, 2.45) is 10.9 Å². The van der Waals surface area contributed by atoms with E-state index >= 15 is 0 Å². The van der Waals surface area contributed by atoms with Crippen molar-refractivity contribution in [1.29, 1.82) is 0 Å². The average Bonchev–Trinajstić information content (AvgIpc) is 2.92. The summed E-state index contributed by atoms with van der Waals surface area (Å²) < 4.78 is 26.3. The van der Waals surface area contributed by atoms with E-state index in [4.69, 9.17) is 0 Å². The summed E-state index contributed by atoms with van der Waals surface area (Å²) >= 11 is 0. The zero-order valence-corrected chi connectivity index (χ0v) is 13.6. The molecule has 0 aliphatic carbocycles. The molecule has 0 aliphatic heterocycles. The van der Waals surface area contributed by atoms with Gasteiger partial charge in [-0.1, -0.05) is 20.8 Å². The molecule has 1 rings (SSSR count). The third-order valence-corrected chi connectivity index (χ3v) is 3.11. The third kappa shape index (κ3) is 6.87. The van der Waals surface area contributed by atoms with Crippen molar-refractivity contribution in [2.45, 2.75) is 46.6 Å². The second-order valence-electron chi connectivity index (χ2n) is 5.54. The lowest BCUT2D eigenvalue weighted by Gasteiger charge is -2.14. The summed E-state index contributed by atoms with van der Waals surface area (Å²) in [7, 11) is 0. The van der Waals surface area contributed by atoms with E-state index in [0.29, 0.717) is 24.7 Å². The van der Waals surface area contributed by atoms with Crippen molar-refractivity contribution in [1.82, 2.24) is 20.2 Å². The SMILES string of the molecule is CCCN=C(NCCc1nccn1C(F)F)NCCC(C)C. The Morgan fingerprint density at radius 2 is 2.05 bits per heavy atom. The van der Waals surface area contributed by atoms with Gasteiger partial charge in [-0.2, -0.15) is 8.78 Å². The standard InChI is InChI=1S/C15H27F2N5/c1-4-7-19-15(20-8-5-12(2)3)21-9-6-13-18-10-11-22(13)14(16)17/h10-12,14H,4-9H2,1-3H3,(H2,19,20,21). The van der Waals surface area contributed by atoms with Gasteiger partial charge in [0, 0.05) is 38.4 Å². The van der Waals surface area contributed by atoms with E-state index in [1.165, 1.54) is 12.4 Å². The number of aromatic nitrogens is 2. The number of halogens is 2. The van der Waals surface area contributed by atoms with Crippen LogP contribution in [0.1, 0.15) is 46.0 Å². The summed E-state index contributed by atoms with van der Waals surface area (Å²) in [4.78, 5) is 8.40. The average molecular weight is 315 g/mol. The molecule has 0 saturated carbocycles. The highest BCUT2D eigenvalue weighted by Gasteiger charge is 2.10. The molecule has 2 N–H and O–H groups in total. The predicted octanol–water partition coefficient (Wildman–Crippen LogP) is 2.81. The van der Waals surface area contributed by atoms with Crippen LogP contribution in [0.3, 0.4) is 0 Å². The van der Waals surface area contributed by atoms with Gasteiger partial charge in [0.1, 0.15) is 5.82 Å². The van der Waals surface area contributed by atoms with Gasteiger partial charge in [-0.3, -0.25) is 9.56 Å². The number of alkyl halides is 2. The molecule has 0 radical (unpaired) electrons. The summed E-state index contributed by atoms with van der Waals surface area (Å²) in [5, 5.41) is 6.44. The highest BCUT2D eigenvalue weighted by Crippen LogP contribution is 2.12. The van der Waals surface area contributed by atoms with Gasteiger partial charge in [-0.15, -0.1) is 0 Å². The summed E-state index contributed by atoms with van der Waals surface area (Å²) in [5.41, 5.74) is 0. The lowest BCUT2D eigenvalue weighted by Crippen LogP contribution is -2.39. The molecular formula is C15H27F2N5. The minimum absolute atomic E-state index is 0.375. The second-order valence-corrected chi connectivity index (χ2v) is 5.54. The fraction of sp³-hybridized carbons (Fsp3) is 0.733. The molecule has 1 heterocycles. The monoisotopic (exact) mass is 315 g/mol. The number of aliphatic imine (C=N–C) groups is 1. The zero-order valence-electron chi connectivity index (χ0n) is 13.6. The number of guanidine groups is 1. The molecule has 0 atom stereocenters. The Balaban J connectivity index is 2.43. The van der Waals surface area contributed by atoms with Crippen LogP contribution in [0, 0.1) is 5.92 Å². The summed E-state index contributed by atoms with van der Waals surface area (Å²) in [6.07, 6.45) is 5.14. The first-order valence-electron chi connectivity index (χ1n) is 7.86. The van der Waals surface area contributed by atoms with Crippen LogP contribution in [0.25, 0.3) is 0 Å². The van der Waals surface area contributed by atoms with E-state index in [-0.39, 0.29) is 0 Å². The largest absolute Gasteiger partial charge is 0.356 e. The summed E-state index contributed by atoms with van der Waals surface area (Å²) in [6, 6.07) is 0. The number of hydrogen-bond acceptors (Lipinski definition) is 2. The number of hydrogen-bond donors (Lipinski definition) is 2. The Bertz CT molecular complexity index is 443. The van der Waals surface area contributed by atoms with Gasteiger partial charge in [0.2, 0.25) is 0 Å². The first kappa shape index (κ1) is 18.4. The van der Waals surface area contributed by atoms with E-state index in [1.54, 1.807) is 0 Å². The first-order chi connectivity index (χ1) is 10.5. The Morgan fingerprint density at radius 3 is 2.68 bits per heavy atom. The fourth-order valence-electron chi connectivity index (χ4n) is 1.89. The lowest BCUT2D eigenvalue weighted by atomic mass is 10.1. The maximum Gasteiger partial charge on any atom is 0.319 e. The quantitative estimate of drug-likeness (QED) is 0.544. The van der Waals surface area contributed by atoms with Gasteiger partial charge in [0.15, 0.2) is 5.96 Å². The van der Waals surface area contributed by atoms with Crippen LogP contribution in [0.15, 0.2) is 17.4 Å². The minimum atomic E-state index is -2.55. The minimum Gasteiger partial charge on any atom is -0.356 e. The highest BCUT2D eigenvalue weighted by atomic mass is 19.3. The third-order valence-electron chi connectivity index (χ3n) is 3.11. The van der Waals surface area contributed by atoms with Crippen LogP contribution < -0.4 is 10.6 Å². The van der Waals surface area contributed by atoms with E-state index in [9.17, 15) is 8.78 Å². The van der Waals surface area contributed by atoms with E-state index < -0.39 is 6.55 Å². The number of nitrogens with zero attached hydrogens (tertiary/aromatic N) is 3. The Morgan fingerprint density at radius 1 is 1.32 bits per heavy atom. The van der Waals surface area contributed by atoms with Crippen LogP contribution in [0.2, 0.25) is 0 Å². The van der Waals surface area contributed by atoms with Gasteiger partial charge in [-0.05, 0) is 18.8 Å². The molecule has 0 aliphatic rings. The van der Waals surface area contributed by atoms with E-state index in [1.807, 2.05) is 0 Å². The number of rotatable bonds is 9. The van der Waals surface area contributed by atoms with Crippen molar-refractivity contribution in [3.63, 3.8) is 0 Å². The van der Waals surface area contributed by atoms with Crippen LogP contribution in [-0.4, -0.2) is 35.1 Å². The molecule has 0 amide bonds. The topological polar surface area (TPSA) is 54.2 Å². The molecule has 0 aromatic carbocycles. The maximum atomic E-state index is 12.7. The molecule has 1 aromatic heterocycles. The summed E-state index contributed by atoms with van der Waals surface area (Å²) in [5.74, 6) is 1.73. The highest BCUT2D eigenvalue weighted by molar-refractivity contribution is 5.79. The number of imidazole rings is 1. The number of nitrogens with one attached hydrogen (secondary N) is 2. The molecule has 5 nitrogen and oxygen atoms in total. The van der Waals surface area contributed by atoms with Gasteiger partial charge >= 0.3 is 6.55 Å². The molecule has 1 aromatic rings. The Kier molecular flexibility index (Phi) is 8.47. The van der Waals surface area contributed by atoms with Crippen LogP contribution in [0.4, 0.5) is 8.78 Å². The van der Waals surface area contributed by atoms with Crippen LogP contribution in [0.5, 0.6) is 0 Å². The molecule has 0 bridgehead atoms. The van der Waals surface area contributed by atoms with Crippen molar-refractivity contribution < 1.29 is 8.78 Å². The normalized spacial score (nSPS) is 12.2. The molecular weight excluding hydrogens is 288 g/mol. The molecule has 0 spiro atoms. The zero-order chi connectivity index (χ0) is 16.4. The molecule has 126 valence electrons. The van der Waals surface area contributed by atoms with E-state index in [0.717, 1.165) is 36.5 Å². The molecule has 0 fully saturated rings. The van der Waals surface area contributed by atoms with Gasteiger partial charge < -0.3 is 10.6 Å². The summed E-state index contributed by atoms with van der Waals surface area (Å²) in [6.45, 7) is 5.96. The van der Waals surface area contributed by atoms with Gasteiger partial charge in [-0.25, -0.2) is 4.98 Å². The molecule has 22 heavy (non-hydrogen) atoms. The molecule has 0 saturated heterocycles. The second kappa shape index (κ2) is 10.1. The predicted molar refractivity (Wildman–Crippen MR) is 85.2 cm³/mol.